The number of rotatable bonds is 5. The van der Waals surface area contributed by atoms with E-state index < -0.39 is 0 Å². The number of para-hydroxylation sites is 1. The highest BCUT2D eigenvalue weighted by molar-refractivity contribution is 7.98. The predicted molar refractivity (Wildman–Crippen MR) is 68.8 cm³/mol. The molecule has 0 aliphatic carbocycles. The van der Waals surface area contributed by atoms with Gasteiger partial charge >= 0.3 is 0 Å². The third kappa shape index (κ3) is 2.82. The summed E-state index contributed by atoms with van der Waals surface area (Å²) in [5.41, 5.74) is 1.71. The molecule has 0 unspecified atom stereocenters. The standard InChI is InChI=1S/C11H14N4S/c1-16-8-4-7-12-11-13-9-5-2-3-6-10(9)14-15-11/h2-3,5-6H,4,7-8H2,1H3,(H,12,13,15). The molecule has 0 amide bonds. The number of hydrogen-bond acceptors (Lipinski definition) is 5. The summed E-state index contributed by atoms with van der Waals surface area (Å²) < 4.78 is 0. The van der Waals surface area contributed by atoms with E-state index in [1.807, 2.05) is 36.0 Å². The van der Waals surface area contributed by atoms with E-state index >= 15 is 0 Å². The molecule has 84 valence electrons. The number of nitrogens with zero attached hydrogens (tertiary/aromatic N) is 3. The fourth-order valence-electron chi connectivity index (χ4n) is 1.37. The van der Waals surface area contributed by atoms with Gasteiger partial charge in [-0.15, -0.1) is 10.2 Å². The topological polar surface area (TPSA) is 50.7 Å². The molecule has 1 heterocycles. The maximum absolute atomic E-state index is 4.38. The number of nitrogens with one attached hydrogen (secondary N) is 1. The van der Waals surface area contributed by atoms with Gasteiger partial charge in [0.05, 0.1) is 5.52 Å². The number of anilines is 1. The maximum atomic E-state index is 4.38. The maximum Gasteiger partial charge on any atom is 0.243 e. The average Bonchev–Trinajstić information content (AvgIpc) is 2.34. The summed E-state index contributed by atoms with van der Waals surface area (Å²) in [6, 6.07) is 7.74. The Morgan fingerprint density at radius 3 is 2.81 bits per heavy atom. The Kier molecular flexibility index (Phi) is 3.93. The SMILES string of the molecule is CSCCCNc1nnc2ccccc2n1. The molecule has 1 N–H and O–H groups in total. The molecule has 0 aliphatic heterocycles. The van der Waals surface area contributed by atoms with Crippen LogP contribution in [0.3, 0.4) is 0 Å². The van der Waals surface area contributed by atoms with E-state index in [1.165, 1.54) is 0 Å². The van der Waals surface area contributed by atoms with Crippen molar-refractivity contribution in [3.05, 3.63) is 24.3 Å². The Morgan fingerprint density at radius 1 is 1.19 bits per heavy atom. The highest BCUT2D eigenvalue weighted by atomic mass is 32.2. The lowest BCUT2D eigenvalue weighted by molar-refractivity contribution is 0.938. The van der Waals surface area contributed by atoms with Gasteiger partial charge in [0.1, 0.15) is 5.52 Å². The first-order chi connectivity index (χ1) is 7.90. The van der Waals surface area contributed by atoms with Crippen molar-refractivity contribution in [3.8, 4) is 0 Å². The van der Waals surface area contributed by atoms with Crippen molar-refractivity contribution in [1.29, 1.82) is 0 Å². The fraction of sp³-hybridized carbons (Fsp3) is 0.364. The second kappa shape index (κ2) is 5.65. The van der Waals surface area contributed by atoms with Crippen molar-refractivity contribution in [2.75, 3.05) is 23.9 Å². The van der Waals surface area contributed by atoms with Crippen LogP contribution in [0.1, 0.15) is 6.42 Å². The van der Waals surface area contributed by atoms with Crippen LogP contribution in [0.5, 0.6) is 0 Å². The van der Waals surface area contributed by atoms with Crippen LogP contribution in [-0.4, -0.2) is 33.7 Å². The number of fused-ring (bicyclic) bond motifs is 1. The Balaban J connectivity index is 2.02. The largest absolute Gasteiger partial charge is 0.353 e. The van der Waals surface area contributed by atoms with Gasteiger partial charge in [0.25, 0.3) is 0 Å². The molecule has 2 aromatic rings. The molecule has 0 aliphatic rings. The molecule has 0 bridgehead atoms. The van der Waals surface area contributed by atoms with Crippen LogP contribution in [-0.2, 0) is 0 Å². The Hall–Kier alpha value is -1.36. The van der Waals surface area contributed by atoms with Crippen LogP contribution in [0.4, 0.5) is 5.95 Å². The van der Waals surface area contributed by atoms with Crippen molar-refractivity contribution >= 4 is 28.7 Å². The van der Waals surface area contributed by atoms with E-state index in [-0.39, 0.29) is 0 Å². The second-order valence-corrected chi connectivity index (χ2v) is 4.38. The molecule has 0 fully saturated rings. The molecule has 0 spiro atoms. The minimum Gasteiger partial charge on any atom is -0.353 e. The normalized spacial score (nSPS) is 10.6. The Labute approximate surface area is 98.9 Å². The van der Waals surface area contributed by atoms with E-state index in [2.05, 4.69) is 26.8 Å². The molecule has 1 aromatic heterocycles. The van der Waals surface area contributed by atoms with Crippen molar-refractivity contribution in [1.82, 2.24) is 15.2 Å². The molecule has 4 nitrogen and oxygen atoms in total. The van der Waals surface area contributed by atoms with E-state index in [0.717, 1.165) is 29.8 Å². The van der Waals surface area contributed by atoms with Gasteiger partial charge in [0.2, 0.25) is 5.95 Å². The quantitative estimate of drug-likeness (QED) is 0.804. The van der Waals surface area contributed by atoms with Crippen LogP contribution < -0.4 is 5.32 Å². The lowest BCUT2D eigenvalue weighted by atomic mass is 10.3. The van der Waals surface area contributed by atoms with Crippen LogP contribution in [0.25, 0.3) is 11.0 Å². The smallest absolute Gasteiger partial charge is 0.243 e. The van der Waals surface area contributed by atoms with Crippen molar-refractivity contribution in [2.24, 2.45) is 0 Å². The molecule has 1 aromatic carbocycles. The monoisotopic (exact) mass is 234 g/mol. The molecule has 2 rings (SSSR count). The number of aromatic nitrogens is 3. The van der Waals surface area contributed by atoms with Gasteiger partial charge in [0, 0.05) is 6.54 Å². The zero-order chi connectivity index (χ0) is 11.2. The molecule has 0 radical (unpaired) electrons. The van der Waals surface area contributed by atoms with E-state index in [0.29, 0.717) is 5.95 Å². The molecular formula is C11H14N4S. The molecule has 5 heteroatoms. The van der Waals surface area contributed by atoms with Gasteiger partial charge in [-0.25, -0.2) is 4.98 Å². The highest BCUT2D eigenvalue weighted by Gasteiger charge is 1.99. The fourth-order valence-corrected chi connectivity index (χ4v) is 1.81. The third-order valence-corrected chi connectivity index (χ3v) is 2.87. The van der Waals surface area contributed by atoms with E-state index in [9.17, 15) is 0 Å². The van der Waals surface area contributed by atoms with Crippen molar-refractivity contribution in [3.63, 3.8) is 0 Å². The lowest BCUT2D eigenvalue weighted by Crippen LogP contribution is -2.07. The molecule has 0 saturated carbocycles. The summed E-state index contributed by atoms with van der Waals surface area (Å²) in [7, 11) is 0. The zero-order valence-corrected chi connectivity index (χ0v) is 10.00. The van der Waals surface area contributed by atoms with E-state index in [4.69, 9.17) is 0 Å². The number of thioether (sulfide) groups is 1. The number of hydrogen-bond donors (Lipinski definition) is 1. The first kappa shape index (κ1) is 11.1. The molecule has 0 atom stereocenters. The first-order valence-corrected chi connectivity index (χ1v) is 6.62. The van der Waals surface area contributed by atoms with E-state index in [1.54, 1.807) is 0 Å². The predicted octanol–water partition coefficient (Wildman–Crippen LogP) is 2.19. The highest BCUT2D eigenvalue weighted by Crippen LogP contribution is 2.08. The summed E-state index contributed by atoms with van der Waals surface area (Å²) >= 11 is 1.84. The Bertz CT molecular complexity index is 460. The zero-order valence-electron chi connectivity index (χ0n) is 9.18. The summed E-state index contributed by atoms with van der Waals surface area (Å²) in [5.74, 6) is 1.76. The van der Waals surface area contributed by atoms with Crippen LogP contribution in [0.15, 0.2) is 24.3 Å². The minimum atomic E-state index is 0.611. The summed E-state index contributed by atoms with van der Waals surface area (Å²) in [4.78, 5) is 4.38. The molecule has 0 saturated heterocycles. The molecular weight excluding hydrogens is 220 g/mol. The van der Waals surface area contributed by atoms with Gasteiger partial charge in [0.15, 0.2) is 0 Å². The average molecular weight is 234 g/mol. The lowest BCUT2D eigenvalue weighted by Gasteiger charge is -2.03. The van der Waals surface area contributed by atoms with Crippen LogP contribution in [0.2, 0.25) is 0 Å². The summed E-state index contributed by atoms with van der Waals surface area (Å²) in [5, 5.41) is 11.3. The van der Waals surface area contributed by atoms with Crippen LogP contribution >= 0.6 is 11.8 Å². The van der Waals surface area contributed by atoms with Crippen LogP contribution in [0, 0.1) is 0 Å². The second-order valence-electron chi connectivity index (χ2n) is 3.40. The van der Waals surface area contributed by atoms with Gasteiger partial charge in [-0.1, -0.05) is 12.1 Å². The van der Waals surface area contributed by atoms with Gasteiger partial charge in [-0.3, -0.25) is 0 Å². The Morgan fingerprint density at radius 2 is 2.00 bits per heavy atom. The first-order valence-electron chi connectivity index (χ1n) is 5.22. The number of benzene rings is 1. The molecule has 16 heavy (non-hydrogen) atoms. The van der Waals surface area contributed by atoms with Gasteiger partial charge in [-0.2, -0.15) is 11.8 Å². The third-order valence-electron chi connectivity index (χ3n) is 2.17. The van der Waals surface area contributed by atoms with Gasteiger partial charge < -0.3 is 5.32 Å². The summed E-state index contributed by atoms with van der Waals surface area (Å²) in [6.45, 7) is 0.890. The minimum absolute atomic E-state index is 0.611. The summed E-state index contributed by atoms with van der Waals surface area (Å²) in [6.07, 6.45) is 3.21. The van der Waals surface area contributed by atoms with Gasteiger partial charge in [-0.05, 0) is 30.6 Å². The van der Waals surface area contributed by atoms with Crippen molar-refractivity contribution in [2.45, 2.75) is 6.42 Å². The van der Waals surface area contributed by atoms with Crippen molar-refractivity contribution < 1.29 is 0 Å².